The van der Waals surface area contributed by atoms with Gasteiger partial charge in [0, 0.05) is 17.5 Å². The van der Waals surface area contributed by atoms with Crippen LogP contribution in [0.1, 0.15) is 25.8 Å². The lowest BCUT2D eigenvalue weighted by molar-refractivity contribution is -0.0291. The Morgan fingerprint density at radius 3 is 2.53 bits per heavy atom. The number of rotatable bonds is 5. The SMILES string of the molecule is CCC(O)(c1cccc(Cl)c1)C(C)CN(C)C. The molecule has 0 aliphatic rings. The second-order valence-corrected chi connectivity index (χ2v) is 5.39. The van der Waals surface area contributed by atoms with Crippen LogP contribution in [0.4, 0.5) is 0 Å². The third kappa shape index (κ3) is 3.44. The maximum Gasteiger partial charge on any atom is 0.0932 e. The fourth-order valence-corrected chi connectivity index (χ4v) is 2.48. The molecular formula is C14H22ClNO. The Labute approximate surface area is 109 Å². The van der Waals surface area contributed by atoms with Crippen molar-refractivity contribution in [2.45, 2.75) is 25.9 Å². The van der Waals surface area contributed by atoms with E-state index in [2.05, 4.69) is 11.8 Å². The Bertz CT molecular complexity index is 367. The highest BCUT2D eigenvalue weighted by atomic mass is 35.5. The van der Waals surface area contributed by atoms with Crippen molar-refractivity contribution in [3.05, 3.63) is 34.9 Å². The van der Waals surface area contributed by atoms with Gasteiger partial charge >= 0.3 is 0 Å². The van der Waals surface area contributed by atoms with Crippen LogP contribution in [0.15, 0.2) is 24.3 Å². The minimum Gasteiger partial charge on any atom is -0.385 e. The van der Waals surface area contributed by atoms with Gasteiger partial charge in [-0.25, -0.2) is 0 Å². The predicted molar refractivity (Wildman–Crippen MR) is 73.4 cm³/mol. The molecule has 0 aliphatic heterocycles. The lowest BCUT2D eigenvalue weighted by Gasteiger charge is -2.35. The van der Waals surface area contributed by atoms with Crippen molar-refractivity contribution in [1.29, 1.82) is 0 Å². The lowest BCUT2D eigenvalue weighted by Crippen LogP contribution is -2.38. The molecule has 0 saturated carbocycles. The summed E-state index contributed by atoms with van der Waals surface area (Å²) in [5.41, 5.74) is 0.0941. The van der Waals surface area contributed by atoms with Gasteiger partial charge in [0.05, 0.1) is 5.60 Å². The van der Waals surface area contributed by atoms with E-state index in [9.17, 15) is 5.11 Å². The van der Waals surface area contributed by atoms with Crippen molar-refractivity contribution < 1.29 is 5.11 Å². The molecule has 0 aromatic heterocycles. The summed E-state index contributed by atoms with van der Waals surface area (Å²) in [5.74, 6) is 0.154. The monoisotopic (exact) mass is 255 g/mol. The zero-order chi connectivity index (χ0) is 13.1. The van der Waals surface area contributed by atoms with E-state index < -0.39 is 5.60 Å². The van der Waals surface area contributed by atoms with Gasteiger partial charge in [0.2, 0.25) is 0 Å². The summed E-state index contributed by atoms with van der Waals surface area (Å²) in [6.07, 6.45) is 0.683. The zero-order valence-corrected chi connectivity index (χ0v) is 11.8. The first-order valence-corrected chi connectivity index (χ1v) is 6.41. The second kappa shape index (κ2) is 5.85. The summed E-state index contributed by atoms with van der Waals surface area (Å²) in [4.78, 5) is 2.09. The number of halogens is 1. The van der Waals surface area contributed by atoms with E-state index in [1.807, 2.05) is 45.3 Å². The first-order chi connectivity index (χ1) is 7.90. The van der Waals surface area contributed by atoms with Gasteiger partial charge in [-0.2, -0.15) is 0 Å². The molecule has 0 aliphatic carbocycles. The lowest BCUT2D eigenvalue weighted by atomic mass is 9.80. The number of aliphatic hydroxyl groups is 1. The van der Waals surface area contributed by atoms with Crippen LogP contribution in [0.2, 0.25) is 5.02 Å². The third-order valence-corrected chi connectivity index (χ3v) is 3.55. The summed E-state index contributed by atoms with van der Waals surface area (Å²) < 4.78 is 0. The van der Waals surface area contributed by atoms with Gasteiger partial charge < -0.3 is 10.0 Å². The Balaban J connectivity index is 3.02. The summed E-state index contributed by atoms with van der Waals surface area (Å²) in [6, 6.07) is 7.52. The zero-order valence-electron chi connectivity index (χ0n) is 11.1. The maximum absolute atomic E-state index is 10.8. The van der Waals surface area contributed by atoms with Gasteiger partial charge in [0.1, 0.15) is 0 Å². The molecule has 3 heteroatoms. The summed E-state index contributed by atoms with van der Waals surface area (Å²) in [7, 11) is 4.04. The Morgan fingerprint density at radius 2 is 2.06 bits per heavy atom. The minimum atomic E-state index is -0.810. The smallest absolute Gasteiger partial charge is 0.0932 e. The average Bonchev–Trinajstić information content (AvgIpc) is 2.27. The number of nitrogens with zero attached hydrogens (tertiary/aromatic N) is 1. The fraction of sp³-hybridized carbons (Fsp3) is 0.571. The van der Waals surface area contributed by atoms with Crippen molar-refractivity contribution in [3.63, 3.8) is 0 Å². The molecule has 17 heavy (non-hydrogen) atoms. The van der Waals surface area contributed by atoms with E-state index in [0.29, 0.717) is 11.4 Å². The molecule has 1 aromatic rings. The fourth-order valence-electron chi connectivity index (χ4n) is 2.29. The molecule has 0 spiro atoms. The highest BCUT2D eigenvalue weighted by Crippen LogP contribution is 2.34. The molecule has 1 aromatic carbocycles. The Kier molecular flexibility index (Phi) is 4.99. The van der Waals surface area contributed by atoms with Gasteiger partial charge in [-0.1, -0.05) is 37.6 Å². The van der Waals surface area contributed by atoms with Gasteiger partial charge in [-0.05, 0) is 38.2 Å². The normalized spacial score (nSPS) is 16.9. The van der Waals surface area contributed by atoms with Crippen molar-refractivity contribution in [3.8, 4) is 0 Å². The third-order valence-electron chi connectivity index (χ3n) is 3.32. The summed E-state index contributed by atoms with van der Waals surface area (Å²) in [6.45, 7) is 4.92. The van der Waals surface area contributed by atoms with Crippen LogP contribution in [0.25, 0.3) is 0 Å². The van der Waals surface area contributed by atoms with E-state index in [4.69, 9.17) is 11.6 Å². The van der Waals surface area contributed by atoms with Crippen LogP contribution in [-0.2, 0) is 5.60 Å². The standard InChI is InChI=1S/C14H22ClNO/c1-5-14(17,11(2)10-16(3)4)12-7-6-8-13(15)9-12/h6-9,11,17H,5,10H2,1-4H3. The summed E-state index contributed by atoms with van der Waals surface area (Å²) in [5, 5.41) is 11.5. The van der Waals surface area contributed by atoms with E-state index in [1.54, 1.807) is 0 Å². The van der Waals surface area contributed by atoms with Gasteiger partial charge in [0.25, 0.3) is 0 Å². The highest BCUT2D eigenvalue weighted by molar-refractivity contribution is 6.30. The van der Waals surface area contributed by atoms with E-state index in [0.717, 1.165) is 12.1 Å². The van der Waals surface area contributed by atoms with Crippen LogP contribution in [0.3, 0.4) is 0 Å². The first-order valence-electron chi connectivity index (χ1n) is 6.03. The van der Waals surface area contributed by atoms with Crippen molar-refractivity contribution >= 4 is 11.6 Å². The average molecular weight is 256 g/mol. The van der Waals surface area contributed by atoms with Crippen LogP contribution in [0, 0.1) is 5.92 Å². The van der Waals surface area contributed by atoms with E-state index in [1.165, 1.54) is 0 Å². The number of hydrogen-bond acceptors (Lipinski definition) is 2. The van der Waals surface area contributed by atoms with E-state index >= 15 is 0 Å². The van der Waals surface area contributed by atoms with E-state index in [-0.39, 0.29) is 5.92 Å². The largest absolute Gasteiger partial charge is 0.385 e. The molecule has 0 amide bonds. The van der Waals surface area contributed by atoms with Crippen LogP contribution < -0.4 is 0 Å². The van der Waals surface area contributed by atoms with Crippen LogP contribution >= 0.6 is 11.6 Å². The molecule has 0 fully saturated rings. The highest BCUT2D eigenvalue weighted by Gasteiger charge is 2.34. The molecule has 2 nitrogen and oxygen atoms in total. The molecule has 1 rings (SSSR count). The molecule has 1 N–H and O–H groups in total. The molecule has 2 atom stereocenters. The first kappa shape index (κ1) is 14.5. The van der Waals surface area contributed by atoms with Crippen molar-refractivity contribution in [2.24, 2.45) is 5.92 Å². The number of hydrogen-bond donors (Lipinski definition) is 1. The molecule has 2 unspecified atom stereocenters. The molecular weight excluding hydrogens is 234 g/mol. The van der Waals surface area contributed by atoms with Gasteiger partial charge in [-0.3, -0.25) is 0 Å². The Morgan fingerprint density at radius 1 is 1.41 bits per heavy atom. The minimum absolute atomic E-state index is 0.154. The maximum atomic E-state index is 10.8. The second-order valence-electron chi connectivity index (χ2n) is 4.95. The van der Waals surface area contributed by atoms with Crippen molar-refractivity contribution in [2.75, 3.05) is 20.6 Å². The van der Waals surface area contributed by atoms with Crippen molar-refractivity contribution in [1.82, 2.24) is 4.90 Å². The van der Waals surface area contributed by atoms with Crippen LogP contribution in [0.5, 0.6) is 0 Å². The quantitative estimate of drug-likeness (QED) is 0.874. The van der Waals surface area contributed by atoms with Gasteiger partial charge in [0.15, 0.2) is 0 Å². The van der Waals surface area contributed by atoms with Crippen LogP contribution in [-0.4, -0.2) is 30.6 Å². The topological polar surface area (TPSA) is 23.5 Å². The molecule has 0 saturated heterocycles. The molecule has 0 heterocycles. The molecule has 0 radical (unpaired) electrons. The Hall–Kier alpha value is -0.570. The number of benzene rings is 1. The summed E-state index contributed by atoms with van der Waals surface area (Å²) >= 11 is 6.00. The molecule has 96 valence electrons. The molecule has 0 bridgehead atoms. The predicted octanol–water partition coefficient (Wildman–Crippen LogP) is 3.14. The van der Waals surface area contributed by atoms with Gasteiger partial charge in [-0.15, -0.1) is 0 Å².